The first-order valence-corrected chi connectivity index (χ1v) is 7.38. The first-order valence-electron chi connectivity index (χ1n) is 6.59. The van der Waals surface area contributed by atoms with E-state index >= 15 is 0 Å². The van der Waals surface area contributed by atoms with Gasteiger partial charge in [-0.05, 0) is 24.6 Å². The van der Waals surface area contributed by atoms with Crippen LogP contribution in [-0.4, -0.2) is 48.4 Å². The van der Waals surface area contributed by atoms with Crippen LogP contribution in [0.15, 0.2) is 28.7 Å². The van der Waals surface area contributed by atoms with Crippen LogP contribution in [0.1, 0.15) is 18.5 Å². The molecule has 2 rings (SSSR count). The second-order valence-corrected chi connectivity index (χ2v) is 5.76. The van der Waals surface area contributed by atoms with E-state index in [0.29, 0.717) is 6.04 Å². The number of halogens is 1. The smallest absolute Gasteiger partial charge is 0.236 e. The number of hydrogen-bond acceptors (Lipinski definition) is 3. The molecule has 0 radical (unpaired) electrons. The molecule has 0 spiro atoms. The van der Waals surface area contributed by atoms with E-state index < -0.39 is 0 Å². The summed E-state index contributed by atoms with van der Waals surface area (Å²) in [7, 11) is 0. The van der Waals surface area contributed by atoms with Gasteiger partial charge in [0.2, 0.25) is 5.91 Å². The van der Waals surface area contributed by atoms with Gasteiger partial charge in [-0.15, -0.1) is 0 Å². The maximum absolute atomic E-state index is 11.5. The minimum atomic E-state index is 0.0518. The van der Waals surface area contributed by atoms with Gasteiger partial charge < -0.3 is 10.6 Å². The van der Waals surface area contributed by atoms with Gasteiger partial charge in [0, 0.05) is 36.7 Å². The van der Waals surface area contributed by atoms with Crippen LogP contribution in [0, 0.1) is 0 Å². The van der Waals surface area contributed by atoms with Crippen molar-refractivity contribution in [2.45, 2.75) is 13.0 Å². The van der Waals surface area contributed by atoms with E-state index in [4.69, 9.17) is 5.73 Å². The SMILES string of the molecule is CC(c1ccc(Br)cc1)N1CCN(C(=O)CN)CC1. The lowest BCUT2D eigenvalue weighted by Crippen LogP contribution is -2.50. The number of rotatable bonds is 3. The molecule has 1 aliphatic heterocycles. The lowest BCUT2D eigenvalue weighted by atomic mass is 10.1. The second-order valence-electron chi connectivity index (χ2n) is 4.85. The number of hydrogen-bond donors (Lipinski definition) is 1. The van der Waals surface area contributed by atoms with Crippen LogP contribution in [0.25, 0.3) is 0 Å². The van der Waals surface area contributed by atoms with Gasteiger partial charge in [-0.1, -0.05) is 28.1 Å². The molecular formula is C14H20BrN3O. The van der Waals surface area contributed by atoms with Crippen LogP contribution in [0.5, 0.6) is 0 Å². The van der Waals surface area contributed by atoms with E-state index in [9.17, 15) is 4.79 Å². The van der Waals surface area contributed by atoms with Gasteiger partial charge in [0.05, 0.1) is 6.54 Å². The van der Waals surface area contributed by atoms with E-state index in [1.165, 1.54) is 5.56 Å². The summed E-state index contributed by atoms with van der Waals surface area (Å²) in [5.74, 6) is 0.0518. The normalized spacial score (nSPS) is 18.4. The van der Waals surface area contributed by atoms with E-state index in [0.717, 1.165) is 30.7 Å². The van der Waals surface area contributed by atoms with Crippen molar-refractivity contribution in [3.63, 3.8) is 0 Å². The molecule has 0 aliphatic carbocycles. The predicted molar refractivity (Wildman–Crippen MR) is 79.8 cm³/mol. The third kappa shape index (κ3) is 3.55. The van der Waals surface area contributed by atoms with E-state index in [2.05, 4.69) is 52.0 Å². The standard InChI is InChI=1S/C14H20BrN3O/c1-11(12-2-4-13(15)5-3-12)17-6-8-18(9-7-17)14(19)10-16/h2-5,11H,6-10,16H2,1H3. The molecule has 0 aromatic heterocycles. The summed E-state index contributed by atoms with van der Waals surface area (Å²) in [5, 5.41) is 0. The highest BCUT2D eigenvalue weighted by molar-refractivity contribution is 9.10. The number of carbonyl (C=O) groups is 1. The molecule has 5 heteroatoms. The topological polar surface area (TPSA) is 49.6 Å². The number of nitrogens with zero attached hydrogens (tertiary/aromatic N) is 2. The molecule has 1 atom stereocenters. The van der Waals surface area contributed by atoms with E-state index in [-0.39, 0.29) is 12.5 Å². The number of nitrogens with two attached hydrogens (primary N) is 1. The third-order valence-corrected chi connectivity index (χ3v) is 4.27. The minimum absolute atomic E-state index is 0.0518. The van der Waals surface area contributed by atoms with Gasteiger partial charge in [0.1, 0.15) is 0 Å². The Hall–Kier alpha value is -0.910. The summed E-state index contributed by atoms with van der Waals surface area (Å²) >= 11 is 3.45. The predicted octanol–water partition coefficient (Wildman–Crippen LogP) is 1.61. The highest BCUT2D eigenvalue weighted by Gasteiger charge is 2.23. The van der Waals surface area contributed by atoms with Crippen LogP contribution in [0.4, 0.5) is 0 Å². The van der Waals surface area contributed by atoms with Crippen molar-refractivity contribution in [3.05, 3.63) is 34.3 Å². The Labute approximate surface area is 122 Å². The fourth-order valence-corrected chi connectivity index (χ4v) is 2.70. The first kappa shape index (κ1) is 14.5. The van der Waals surface area contributed by atoms with Crippen molar-refractivity contribution in [2.24, 2.45) is 5.73 Å². The Morgan fingerprint density at radius 2 is 1.84 bits per heavy atom. The number of carbonyl (C=O) groups excluding carboxylic acids is 1. The van der Waals surface area contributed by atoms with Crippen LogP contribution in [-0.2, 0) is 4.79 Å². The van der Waals surface area contributed by atoms with Crippen molar-refractivity contribution in [1.29, 1.82) is 0 Å². The number of benzene rings is 1. The van der Waals surface area contributed by atoms with E-state index in [1.54, 1.807) is 0 Å². The van der Waals surface area contributed by atoms with Crippen molar-refractivity contribution in [1.82, 2.24) is 9.80 Å². The highest BCUT2D eigenvalue weighted by Crippen LogP contribution is 2.23. The molecule has 1 aromatic carbocycles. The molecule has 4 nitrogen and oxygen atoms in total. The van der Waals surface area contributed by atoms with Gasteiger partial charge in [-0.2, -0.15) is 0 Å². The van der Waals surface area contributed by atoms with Crippen LogP contribution >= 0.6 is 15.9 Å². The second kappa shape index (κ2) is 6.50. The van der Waals surface area contributed by atoms with E-state index in [1.807, 2.05) is 4.90 Å². The lowest BCUT2D eigenvalue weighted by molar-refractivity contribution is -0.131. The molecule has 1 saturated heterocycles. The van der Waals surface area contributed by atoms with Crippen molar-refractivity contribution in [2.75, 3.05) is 32.7 Å². The lowest BCUT2D eigenvalue weighted by Gasteiger charge is -2.38. The van der Waals surface area contributed by atoms with Crippen molar-refractivity contribution in [3.8, 4) is 0 Å². The summed E-state index contributed by atoms with van der Waals surface area (Å²) in [6.45, 7) is 5.69. The average molecular weight is 326 g/mol. The summed E-state index contributed by atoms with van der Waals surface area (Å²) < 4.78 is 1.10. The summed E-state index contributed by atoms with van der Waals surface area (Å²) in [5.41, 5.74) is 6.70. The molecule has 1 amide bonds. The van der Waals surface area contributed by atoms with Crippen LogP contribution < -0.4 is 5.73 Å². The Balaban J connectivity index is 1.94. The molecule has 1 fully saturated rings. The van der Waals surface area contributed by atoms with Crippen molar-refractivity contribution >= 4 is 21.8 Å². The molecule has 2 N–H and O–H groups in total. The number of amides is 1. The summed E-state index contributed by atoms with van der Waals surface area (Å²) in [6, 6.07) is 8.81. The number of piperazine rings is 1. The Morgan fingerprint density at radius 3 is 2.37 bits per heavy atom. The molecule has 1 aliphatic rings. The zero-order chi connectivity index (χ0) is 13.8. The van der Waals surface area contributed by atoms with Gasteiger partial charge >= 0.3 is 0 Å². The summed E-state index contributed by atoms with van der Waals surface area (Å²) in [6.07, 6.45) is 0. The largest absolute Gasteiger partial charge is 0.339 e. The van der Waals surface area contributed by atoms with Crippen molar-refractivity contribution < 1.29 is 4.79 Å². The fraction of sp³-hybridized carbons (Fsp3) is 0.500. The molecule has 104 valence electrons. The Bertz CT molecular complexity index is 427. The van der Waals surface area contributed by atoms with Crippen LogP contribution in [0.2, 0.25) is 0 Å². The maximum atomic E-state index is 11.5. The van der Waals surface area contributed by atoms with Gasteiger partial charge in [-0.25, -0.2) is 0 Å². The molecular weight excluding hydrogens is 306 g/mol. The Morgan fingerprint density at radius 1 is 1.26 bits per heavy atom. The quantitative estimate of drug-likeness (QED) is 0.918. The first-order chi connectivity index (χ1) is 9.11. The molecule has 1 heterocycles. The molecule has 0 bridgehead atoms. The van der Waals surface area contributed by atoms with Gasteiger partial charge in [0.15, 0.2) is 0 Å². The fourth-order valence-electron chi connectivity index (χ4n) is 2.44. The molecule has 1 unspecified atom stereocenters. The minimum Gasteiger partial charge on any atom is -0.339 e. The molecule has 0 saturated carbocycles. The van der Waals surface area contributed by atoms with Crippen LogP contribution in [0.3, 0.4) is 0 Å². The zero-order valence-electron chi connectivity index (χ0n) is 11.2. The Kier molecular flexibility index (Phi) is 4.96. The molecule has 19 heavy (non-hydrogen) atoms. The zero-order valence-corrected chi connectivity index (χ0v) is 12.8. The van der Waals surface area contributed by atoms with Gasteiger partial charge in [-0.3, -0.25) is 9.69 Å². The summed E-state index contributed by atoms with van der Waals surface area (Å²) in [4.78, 5) is 15.8. The van der Waals surface area contributed by atoms with Gasteiger partial charge in [0.25, 0.3) is 0 Å². The average Bonchev–Trinajstić information content (AvgIpc) is 2.46. The highest BCUT2D eigenvalue weighted by atomic mass is 79.9. The monoisotopic (exact) mass is 325 g/mol. The molecule has 1 aromatic rings. The third-order valence-electron chi connectivity index (χ3n) is 3.74. The maximum Gasteiger partial charge on any atom is 0.236 e.